The van der Waals surface area contributed by atoms with Gasteiger partial charge < -0.3 is 10.2 Å². The van der Waals surface area contributed by atoms with E-state index in [1.165, 1.54) is 24.9 Å². The average molecular weight is 264 g/mol. The van der Waals surface area contributed by atoms with E-state index in [1.807, 2.05) is 6.07 Å². The van der Waals surface area contributed by atoms with Crippen LogP contribution >= 0.6 is 0 Å². The molecular formula is C16H25FN2. The minimum Gasteiger partial charge on any atom is -0.371 e. The highest BCUT2D eigenvalue weighted by atomic mass is 19.1. The number of nitrogens with zero attached hydrogens (tertiary/aromatic N) is 1. The topological polar surface area (TPSA) is 15.3 Å². The van der Waals surface area contributed by atoms with E-state index in [-0.39, 0.29) is 5.82 Å². The van der Waals surface area contributed by atoms with E-state index in [1.54, 1.807) is 12.1 Å². The third kappa shape index (κ3) is 3.69. The summed E-state index contributed by atoms with van der Waals surface area (Å²) in [4.78, 5) is 2.40. The summed E-state index contributed by atoms with van der Waals surface area (Å²) in [5.74, 6) is 0.688. The van der Waals surface area contributed by atoms with Crippen molar-refractivity contribution in [3.63, 3.8) is 0 Å². The fourth-order valence-electron chi connectivity index (χ4n) is 2.65. The van der Waals surface area contributed by atoms with E-state index in [0.29, 0.717) is 0 Å². The van der Waals surface area contributed by atoms with E-state index in [0.717, 1.165) is 37.7 Å². The Morgan fingerprint density at radius 3 is 2.68 bits per heavy atom. The van der Waals surface area contributed by atoms with Gasteiger partial charge in [0.15, 0.2) is 0 Å². The first-order chi connectivity index (χ1) is 9.24. The summed E-state index contributed by atoms with van der Waals surface area (Å²) in [6, 6.07) is 5.18. The lowest BCUT2D eigenvalue weighted by molar-refractivity contribution is 0.318. The van der Waals surface area contributed by atoms with Crippen LogP contribution in [0.1, 0.15) is 38.7 Å². The van der Waals surface area contributed by atoms with E-state index < -0.39 is 0 Å². The van der Waals surface area contributed by atoms with Crippen molar-refractivity contribution in [3.8, 4) is 0 Å². The van der Waals surface area contributed by atoms with Crippen LogP contribution < -0.4 is 10.2 Å². The van der Waals surface area contributed by atoms with Crippen LogP contribution in [0.5, 0.6) is 0 Å². The van der Waals surface area contributed by atoms with Crippen LogP contribution in [-0.2, 0) is 6.54 Å². The molecule has 0 atom stereocenters. The van der Waals surface area contributed by atoms with Gasteiger partial charge in [0.1, 0.15) is 5.82 Å². The lowest BCUT2D eigenvalue weighted by atomic mass is 9.85. The number of hydrogen-bond donors (Lipinski definition) is 1. The monoisotopic (exact) mass is 264 g/mol. The lowest BCUT2D eigenvalue weighted by Crippen LogP contribution is -2.33. The maximum Gasteiger partial charge on any atom is 0.123 e. The molecule has 0 aliphatic heterocycles. The molecule has 0 spiro atoms. The predicted octanol–water partition coefficient (Wildman–Crippen LogP) is 3.56. The molecule has 19 heavy (non-hydrogen) atoms. The summed E-state index contributed by atoms with van der Waals surface area (Å²) in [7, 11) is 0. The minimum absolute atomic E-state index is 0.142. The van der Waals surface area contributed by atoms with Crippen LogP contribution in [0.15, 0.2) is 18.2 Å². The molecule has 0 saturated heterocycles. The fourth-order valence-corrected chi connectivity index (χ4v) is 2.65. The van der Waals surface area contributed by atoms with Crippen molar-refractivity contribution in [2.75, 3.05) is 24.5 Å². The first-order valence-corrected chi connectivity index (χ1v) is 7.48. The van der Waals surface area contributed by atoms with Gasteiger partial charge in [-0.05, 0) is 56.0 Å². The smallest absolute Gasteiger partial charge is 0.123 e. The molecule has 1 aliphatic carbocycles. The average Bonchev–Trinajstić information content (AvgIpc) is 2.36. The first kappa shape index (κ1) is 14.3. The van der Waals surface area contributed by atoms with Crippen LogP contribution in [0.3, 0.4) is 0 Å². The van der Waals surface area contributed by atoms with Gasteiger partial charge >= 0.3 is 0 Å². The minimum atomic E-state index is -0.142. The molecule has 0 aromatic heterocycles. The van der Waals surface area contributed by atoms with E-state index in [2.05, 4.69) is 24.1 Å². The Morgan fingerprint density at radius 1 is 1.32 bits per heavy atom. The van der Waals surface area contributed by atoms with Gasteiger partial charge in [-0.2, -0.15) is 0 Å². The van der Waals surface area contributed by atoms with Gasteiger partial charge in [0.2, 0.25) is 0 Å². The molecule has 1 N–H and O–H groups in total. The highest BCUT2D eigenvalue weighted by Crippen LogP contribution is 2.30. The normalized spacial score (nSPS) is 15.3. The number of benzene rings is 1. The van der Waals surface area contributed by atoms with E-state index in [4.69, 9.17) is 0 Å². The molecule has 106 valence electrons. The van der Waals surface area contributed by atoms with Crippen LogP contribution in [-0.4, -0.2) is 19.6 Å². The molecule has 0 amide bonds. The van der Waals surface area contributed by atoms with Gasteiger partial charge in [0, 0.05) is 25.3 Å². The largest absolute Gasteiger partial charge is 0.371 e. The van der Waals surface area contributed by atoms with Crippen molar-refractivity contribution in [1.82, 2.24) is 5.32 Å². The van der Waals surface area contributed by atoms with Gasteiger partial charge in [-0.3, -0.25) is 0 Å². The maximum absolute atomic E-state index is 13.4. The molecule has 2 rings (SSSR count). The van der Waals surface area contributed by atoms with Crippen molar-refractivity contribution >= 4 is 5.69 Å². The lowest BCUT2D eigenvalue weighted by Gasteiger charge is -2.34. The Hall–Kier alpha value is -1.09. The van der Waals surface area contributed by atoms with Crippen molar-refractivity contribution < 1.29 is 4.39 Å². The molecule has 0 radical (unpaired) electrons. The highest BCUT2D eigenvalue weighted by Gasteiger charge is 2.21. The zero-order chi connectivity index (χ0) is 13.7. The molecule has 3 heteroatoms. The number of rotatable bonds is 7. The van der Waals surface area contributed by atoms with Crippen LogP contribution in [0.4, 0.5) is 10.1 Å². The number of halogens is 1. The fraction of sp³-hybridized carbons (Fsp3) is 0.625. The van der Waals surface area contributed by atoms with Crippen LogP contribution in [0.25, 0.3) is 0 Å². The van der Waals surface area contributed by atoms with E-state index in [9.17, 15) is 4.39 Å². The highest BCUT2D eigenvalue weighted by molar-refractivity contribution is 5.54. The standard InChI is InChI=1S/C16H25FN2/c1-3-18-11-14-10-15(17)8-9-16(14)19(4-2)12-13-6-5-7-13/h8-10,13,18H,3-7,11-12H2,1-2H3. The Balaban J connectivity index is 2.14. The van der Waals surface area contributed by atoms with Crippen LogP contribution in [0.2, 0.25) is 0 Å². The predicted molar refractivity (Wildman–Crippen MR) is 79.0 cm³/mol. The van der Waals surface area contributed by atoms with Gasteiger partial charge in [0.25, 0.3) is 0 Å². The summed E-state index contributed by atoms with van der Waals surface area (Å²) in [5, 5.41) is 3.30. The second kappa shape index (κ2) is 6.90. The summed E-state index contributed by atoms with van der Waals surface area (Å²) in [6.45, 7) is 8.00. The zero-order valence-corrected chi connectivity index (χ0v) is 12.1. The van der Waals surface area contributed by atoms with Gasteiger partial charge in [0.05, 0.1) is 0 Å². The molecule has 0 heterocycles. The Bertz CT molecular complexity index is 402. The molecule has 2 nitrogen and oxygen atoms in total. The number of nitrogens with one attached hydrogen (secondary N) is 1. The molecule has 0 bridgehead atoms. The van der Waals surface area contributed by atoms with Crippen molar-refractivity contribution in [1.29, 1.82) is 0 Å². The second-order valence-corrected chi connectivity index (χ2v) is 5.39. The van der Waals surface area contributed by atoms with Crippen molar-refractivity contribution in [2.45, 2.75) is 39.7 Å². The Labute approximate surface area is 116 Å². The summed E-state index contributed by atoms with van der Waals surface area (Å²) >= 11 is 0. The first-order valence-electron chi connectivity index (χ1n) is 7.48. The van der Waals surface area contributed by atoms with Crippen molar-refractivity contribution in [2.24, 2.45) is 5.92 Å². The van der Waals surface area contributed by atoms with Gasteiger partial charge in [-0.15, -0.1) is 0 Å². The summed E-state index contributed by atoms with van der Waals surface area (Å²) in [5.41, 5.74) is 2.26. The number of anilines is 1. The quantitative estimate of drug-likeness (QED) is 0.810. The summed E-state index contributed by atoms with van der Waals surface area (Å²) in [6.07, 6.45) is 4.07. The molecule has 1 aromatic carbocycles. The SMILES string of the molecule is CCNCc1cc(F)ccc1N(CC)CC1CCC1. The Kier molecular flexibility index (Phi) is 5.20. The van der Waals surface area contributed by atoms with Crippen LogP contribution in [0, 0.1) is 11.7 Å². The third-order valence-corrected chi connectivity index (χ3v) is 4.03. The molecule has 0 unspecified atom stereocenters. The zero-order valence-electron chi connectivity index (χ0n) is 12.1. The van der Waals surface area contributed by atoms with E-state index >= 15 is 0 Å². The summed E-state index contributed by atoms with van der Waals surface area (Å²) < 4.78 is 13.4. The molecule has 1 aromatic rings. The maximum atomic E-state index is 13.4. The van der Waals surface area contributed by atoms with Gasteiger partial charge in [-0.25, -0.2) is 4.39 Å². The second-order valence-electron chi connectivity index (χ2n) is 5.39. The number of hydrogen-bond acceptors (Lipinski definition) is 2. The molecule has 1 fully saturated rings. The van der Waals surface area contributed by atoms with Crippen molar-refractivity contribution in [3.05, 3.63) is 29.6 Å². The molecular weight excluding hydrogens is 239 g/mol. The molecule has 1 saturated carbocycles. The third-order valence-electron chi connectivity index (χ3n) is 4.03. The van der Waals surface area contributed by atoms with Gasteiger partial charge in [-0.1, -0.05) is 13.3 Å². The molecule has 1 aliphatic rings. The Morgan fingerprint density at radius 2 is 2.11 bits per heavy atom.